The van der Waals surface area contributed by atoms with E-state index in [2.05, 4.69) is 5.32 Å². The Morgan fingerprint density at radius 2 is 1.88 bits per heavy atom. The number of halogens is 1. The van der Waals surface area contributed by atoms with Crippen molar-refractivity contribution in [2.24, 2.45) is 0 Å². The molecular formula is C10H16ClN3O3. The molecule has 0 aliphatic carbocycles. The van der Waals surface area contributed by atoms with E-state index < -0.39 is 11.8 Å². The van der Waals surface area contributed by atoms with Gasteiger partial charge in [0.25, 0.3) is 0 Å². The Bertz CT molecular complexity index is 291. The number of nitrogens with zero attached hydrogens (tertiary/aromatic N) is 2. The van der Waals surface area contributed by atoms with Gasteiger partial charge in [0.1, 0.15) is 0 Å². The molecule has 7 heteroatoms. The Morgan fingerprint density at radius 3 is 2.41 bits per heavy atom. The van der Waals surface area contributed by atoms with E-state index in [1.54, 1.807) is 4.90 Å². The predicted molar refractivity (Wildman–Crippen MR) is 62.6 cm³/mol. The van der Waals surface area contributed by atoms with Crippen LogP contribution in [0.5, 0.6) is 0 Å². The van der Waals surface area contributed by atoms with Crippen LogP contribution in [-0.2, 0) is 14.4 Å². The van der Waals surface area contributed by atoms with Gasteiger partial charge in [-0.1, -0.05) is 0 Å². The molecule has 0 aromatic rings. The number of alkyl halides is 1. The molecule has 0 saturated carbocycles. The molecule has 1 aliphatic heterocycles. The Morgan fingerprint density at radius 1 is 1.24 bits per heavy atom. The normalized spacial score (nSPS) is 15.6. The summed E-state index contributed by atoms with van der Waals surface area (Å²) in [6.07, 6.45) is 1.39. The minimum atomic E-state index is -0.602. The summed E-state index contributed by atoms with van der Waals surface area (Å²) >= 11 is 5.46. The van der Waals surface area contributed by atoms with Crippen molar-refractivity contribution < 1.29 is 14.4 Å². The maximum absolute atomic E-state index is 11.7. The monoisotopic (exact) mass is 261 g/mol. The van der Waals surface area contributed by atoms with Gasteiger partial charge in [-0.25, -0.2) is 0 Å². The highest BCUT2D eigenvalue weighted by molar-refractivity contribution is 6.35. The third-order valence-corrected chi connectivity index (χ3v) is 2.81. The summed E-state index contributed by atoms with van der Waals surface area (Å²) in [5, 5.41) is 2.51. The van der Waals surface area contributed by atoms with Gasteiger partial charge in [0, 0.05) is 38.6 Å². The van der Waals surface area contributed by atoms with Crippen LogP contribution < -0.4 is 5.32 Å². The first-order valence-electron chi connectivity index (χ1n) is 5.51. The molecule has 0 aromatic heterocycles. The number of nitrogens with one attached hydrogen (secondary N) is 1. The van der Waals surface area contributed by atoms with Crippen molar-refractivity contribution in [3.8, 4) is 0 Å². The molecular weight excluding hydrogens is 246 g/mol. The zero-order chi connectivity index (χ0) is 12.7. The number of piperazine rings is 1. The lowest BCUT2D eigenvalue weighted by Gasteiger charge is -2.31. The first kappa shape index (κ1) is 13.8. The van der Waals surface area contributed by atoms with Crippen molar-refractivity contribution >= 4 is 29.8 Å². The van der Waals surface area contributed by atoms with Crippen LogP contribution in [0.3, 0.4) is 0 Å². The molecule has 96 valence electrons. The summed E-state index contributed by atoms with van der Waals surface area (Å²) in [6, 6.07) is 0. The largest absolute Gasteiger partial charge is 0.348 e. The second-order valence-electron chi connectivity index (χ2n) is 3.73. The van der Waals surface area contributed by atoms with E-state index >= 15 is 0 Å². The highest BCUT2D eigenvalue weighted by atomic mass is 35.5. The van der Waals surface area contributed by atoms with Gasteiger partial charge < -0.3 is 15.1 Å². The quantitative estimate of drug-likeness (QED) is 0.306. The Labute approximate surface area is 105 Å². The van der Waals surface area contributed by atoms with Gasteiger partial charge in [0.05, 0.1) is 0 Å². The fourth-order valence-electron chi connectivity index (χ4n) is 1.52. The van der Waals surface area contributed by atoms with E-state index in [1.165, 1.54) is 4.90 Å². The highest BCUT2D eigenvalue weighted by Gasteiger charge is 2.24. The van der Waals surface area contributed by atoms with E-state index in [9.17, 15) is 14.4 Å². The number of hydrogen-bond acceptors (Lipinski definition) is 3. The molecule has 1 rings (SSSR count). The summed E-state index contributed by atoms with van der Waals surface area (Å²) in [5.74, 6) is -0.688. The van der Waals surface area contributed by atoms with Crippen LogP contribution in [0.1, 0.15) is 6.42 Å². The molecule has 0 atom stereocenters. The van der Waals surface area contributed by atoms with Gasteiger partial charge in [-0.3, -0.25) is 14.4 Å². The van der Waals surface area contributed by atoms with E-state index in [0.29, 0.717) is 45.0 Å². The first-order valence-corrected chi connectivity index (χ1v) is 6.05. The Hall–Kier alpha value is -1.30. The van der Waals surface area contributed by atoms with E-state index in [-0.39, 0.29) is 0 Å². The van der Waals surface area contributed by atoms with Crippen molar-refractivity contribution in [3.05, 3.63) is 0 Å². The minimum absolute atomic E-state index is 0.403. The standard InChI is InChI=1S/C10H16ClN3O3/c11-2-1-3-12-9(16)10(17)14-6-4-13(8-15)5-7-14/h8H,1-7H2,(H,12,16). The average Bonchev–Trinajstić information content (AvgIpc) is 2.38. The predicted octanol–water partition coefficient (Wildman–Crippen LogP) is -0.968. The third kappa shape index (κ3) is 4.22. The van der Waals surface area contributed by atoms with Crippen molar-refractivity contribution in [1.82, 2.24) is 15.1 Å². The zero-order valence-corrected chi connectivity index (χ0v) is 10.3. The van der Waals surface area contributed by atoms with Crippen molar-refractivity contribution in [3.63, 3.8) is 0 Å². The van der Waals surface area contributed by atoms with Crippen LogP contribution in [0.25, 0.3) is 0 Å². The van der Waals surface area contributed by atoms with Crippen molar-refractivity contribution in [1.29, 1.82) is 0 Å². The van der Waals surface area contributed by atoms with Crippen LogP contribution in [0.4, 0.5) is 0 Å². The Balaban J connectivity index is 2.32. The number of rotatable bonds is 4. The molecule has 1 saturated heterocycles. The van der Waals surface area contributed by atoms with Crippen LogP contribution in [0.15, 0.2) is 0 Å². The summed E-state index contributed by atoms with van der Waals surface area (Å²) in [6.45, 7) is 2.16. The second-order valence-corrected chi connectivity index (χ2v) is 4.11. The van der Waals surface area contributed by atoms with Gasteiger partial charge in [-0.05, 0) is 6.42 Å². The molecule has 0 radical (unpaired) electrons. The fourth-order valence-corrected chi connectivity index (χ4v) is 1.65. The smallest absolute Gasteiger partial charge is 0.312 e. The van der Waals surface area contributed by atoms with Crippen molar-refractivity contribution in [2.75, 3.05) is 38.6 Å². The van der Waals surface area contributed by atoms with Gasteiger partial charge in [-0.2, -0.15) is 0 Å². The van der Waals surface area contributed by atoms with E-state index in [1.807, 2.05) is 0 Å². The molecule has 1 aliphatic rings. The minimum Gasteiger partial charge on any atom is -0.348 e. The van der Waals surface area contributed by atoms with Gasteiger partial charge in [0.15, 0.2) is 0 Å². The molecule has 0 aromatic carbocycles. The van der Waals surface area contributed by atoms with Gasteiger partial charge >= 0.3 is 11.8 Å². The van der Waals surface area contributed by atoms with Crippen LogP contribution in [-0.4, -0.2) is 66.6 Å². The third-order valence-electron chi connectivity index (χ3n) is 2.54. The number of carbonyl (C=O) groups is 3. The molecule has 1 heterocycles. The molecule has 3 amide bonds. The van der Waals surface area contributed by atoms with Crippen LogP contribution in [0, 0.1) is 0 Å². The topological polar surface area (TPSA) is 69.7 Å². The molecule has 0 bridgehead atoms. The van der Waals surface area contributed by atoms with E-state index in [0.717, 1.165) is 6.41 Å². The number of hydrogen-bond donors (Lipinski definition) is 1. The lowest BCUT2D eigenvalue weighted by atomic mass is 10.3. The van der Waals surface area contributed by atoms with Crippen molar-refractivity contribution in [2.45, 2.75) is 6.42 Å². The highest BCUT2D eigenvalue weighted by Crippen LogP contribution is 2.00. The molecule has 17 heavy (non-hydrogen) atoms. The Kier molecular flexibility index (Phi) is 5.76. The molecule has 1 fully saturated rings. The molecule has 6 nitrogen and oxygen atoms in total. The number of amides is 3. The maximum atomic E-state index is 11.7. The summed E-state index contributed by atoms with van der Waals surface area (Å²) in [5.41, 5.74) is 0. The van der Waals surface area contributed by atoms with Crippen LogP contribution in [0.2, 0.25) is 0 Å². The number of carbonyl (C=O) groups excluding carboxylic acids is 3. The summed E-state index contributed by atoms with van der Waals surface area (Å²) < 4.78 is 0. The van der Waals surface area contributed by atoms with Gasteiger partial charge in [0.2, 0.25) is 6.41 Å². The first-order chi connectivity index (χ1) is 8.19. The lowest BCUT2D eigenvalue weighted by Crippen LogP contribution is -2.52. The van der Waals surface area contributed by atoms with Gasteiger partial charge in [-0.15, -0.1) is 11.6 Å². The second kappa shape index (κ2) is 7.11. The molecule has 0 unspecified atom stereocenters. The fraction of sp³-hybridized carbons (Fsp3) is 0.700. The average molecular weight is 262 g/mol. The van der Waals surface area contributed by atoms with E-state index in [4.69, 9.17) is 11.6 Å². The summed E-state index contributed by atoms with van der Waals surface area (Å²) in [7, 11) is 0. The summed E-state index contributed by atoms with van der Waals surface area (Å²) in [4.78, 5) is 36.6. The molecule has 0 spiro atoms. The molecule has 1 N–H and O–H groups in total. The zero-order valence-electron chi connectivity index (χ0n) is 9.52. The maximum Gasteiger partial charge on any atom is 0.312 e. The lowest BCUT2D eigenvalue weighted by molar-refractivity contribution is -0.147. The van der Waals surface area contributed by atoms with Crippen LogP contribution >= 0.6 is 11.6 Å². The SMILES string of the molecule is O=CN1CCN(C(=O)C(=O)NCCCCl)CC1.